The molecule has 0 saturated carbocycles. The first-order chi connectivity index (χ1) is 7.39. The molecule has 0 aromatic carbocycles. The number of likely N-dealkylation sites (tertiary alicyclic amines) is 1. The minimum atomic E-state index is -4.57. The van der Waals surface area contributed by atoms with E-state index < -0.39 is 18.3 Å². The Morgan fingerprint density at radius 1 is 1.47 bits per heavy atom. The molecular formula is C9H15ClF4N2O. The molecule has 102 valence electrons. The fraction of sp³-hybridized carbons (Fsp3) is 0.889. The van der Waals surface area contributed by atoms with Gasteiger partial charge >= 0.3 is 12.3 Å². The van der Waals surface area contributed by atoms with Crippen LogP contribution in [0.3, 0.4) is 0 Å². The van der Waals surface area contributed by atoms with Gasteiger partial charge in [-0.15, -0.1) is 12.4 Å². The van der Waals surface area contributed by atoms with E-state index in [9.17, 15) is 22.4 Å². The highest BCUT2D eigenvalue weighted by Gasteiger charge is 2.51. The van der Waals surface area contributed by atoms with Crippen LogP contribution in [-0.4, -0.2) is 49.3 Å². The van der Waals surface area contributed by atoms with Crippen LogP contribution in [0, 0.1) is 0 Å². The lowest BCUT2D eigenvalue weighted by Gasteiger charge is -2.34. The summed E-state index contributed by atoms with van der Waals surface area (Å²) in [5.41, 5.74) is 0. The lowest BCUT2D eigenvalue weighted by atomic mass is 10.1. The highest BCUT2D eigenvalue weighted by atomic mass is 35.5. The molecule has 1 rings (SSSR count). The molecular weight excluding hydrogens is 264 g/mol. The number of halogens is 5. The van der Waals surface area contributed by atoms with Crippen molar-refractivity contribution in [2.75, 3.05) is 20.1 Å². The molecule has 0 radical (unpaired) electrons. The van der Waals surface area contributed by atoms with E-state index in [4.69, 9.17) is 0 Å². The zero-order valence-electron chi connectivity index (χ0n) is 9.26. The maximum Gasteiger partial charge on any atom is 0.383 e. The number of nitrogens with zero attached hydrogens (tertiary/aromatic N) is 1. The zero-order valence-corrected chi connectivity index (χ0v) is 10.1. The van der Waals surface area contributed by atoms with Crippen LogP contribution in [0.15, 0.2) is 0 Å². The van der Waals surface area contributed by atoms with E-state index in [0.29, 0.717) is 6.42 Å². The predicted molar refractivity (Wildman–Crippen MR) is 56.9 cm³/mol. The van der Waals surface area contributed by atoms with Gasteiger partial charge in [0.15, 0.2) is 0 Å². The normalized spacial score (nSPS) is 21.3. The number of nitrogens with one attached hydrogen (secondary N) is 1. The number of likely N-dealkylation sites (N-methyl/N-ethyl adjacent to an activating group) is 1. The number of hydrogen-bond donors (Lipinski definition) is 1. The third-order valence-corrected chi connectivity index (χ3v) is 2.68. The van der Waals surface area contributed by atoms with Gasteiger partial charge in [0.1, 0.15) is 0 Å². The third kappa shape index (κ3) is 3.70. The van der Waals surface area contributed by atoms with Crippen LogP contribution in [0.25, 0.3) is 0 Å². The van der Waals surface area contributed by atoms with Gasteiger partial charge in [-0.2, -0.15) is 8.78 Å². The third-order valence-electron chi connectivity index (χ3n) is 2.68. The number of alkyl halides is 4. The molecule has 1 aliphatic rings. The summed E-state index contributed by atoms with van der Waals surface area (Å²) in [7, 11) is 1.64. The van der Waals surface area contributed by atoms with Gasteiger partial charge in [0.25, 0.3) is 5.91 Å². The van der Waals surface area contributed by atoms with Crippen molar-refractivity contribution in [3.8, 4) is 0 Å². The number of carbonyl (C=O) groups is 1. The van der Waals surface area contributed by atoms with Gasteiger partial charge in [-0.3, -0.25) is 4.79 Å². The average molecular weight is 279 g/mol. The average Bonchev–Trinajstić information content (AvgIpc) is 2.27. The van der Waals surface area contributed by atoms with Crippen LogP contribution >= 0.6 is 12.4 Å². The Bertz CT molecular complexity index is 265. The largest absolute Gasteiger partial charge is 0.383 e. The van der Waals surface area contributed by atoms with Crippen LogP contribution < -0.4 is 5.32 Å². The molecule has 0 aliphatic carbocycles. The SMILES string of the molecule is CNC1CCCN(C(=O)C(F)(F)C(F)F)C1.Cl. The van der Waals surface area contributed by atoms with Crippen LogP contribution in [-0.2, 0) is 4.79 Å². The number of carbonyl (C=O) groups excluding carboxylic acids is 1. The lowest BCUT2D eigenvalue weighted by molar-refractivity contribution is -0.181. The van der Waals surface area contributed by atoms with Gasteiger partial charge in [0, 0.05) is 19.1 Å². The summed E-state index contributed by atoms with van der Waals surface area (Å²) in [6.07, 6.45) is -2.66. The van der Waals surface area contributed by atoms with Gasteiger partial charge < -0.3 is 10.2 Å². The second kappa shape index (κ2) is 6.39. The lowest BCUT2D eigenvalue weighted by Crippen LogP contribution is -2.54. The second-order valence-corrected chi connectivity index (χ2v) is 3.80. The van der Waals surface area contributed by atoms with Crippen LogP contribution in [0.4, 0.5) is 17.6 Å². The van der Waals surface area contributed by atoms with Crippen molar-refractivity contribution in [2.24, 2.45) is 0 Å². The standard InChI is InChI=1S/C9H14F4N2O.ClH/c1-14-6-3-2-4-15(5-6)8(16)9(12,13)7(10)11;/h6-7,14H,2-5H2,1H3;1H. The van der Waals surface area contributed by atoms with Crippen molar-refractivity contribution < 1.29 is 22.4 Å². The Balaban J connectivity index is 0.00000256. The Kier molecular flexibility index (Phi) is 6.18. The van der Waals surface area contributed by atoms with E-state index in [1.807, 2.05) is 0 Å². The Labute approximate surface area is 103 Å². The van der Waals surface area contributed by atoms with Gasteiger partial charge in [0.05, 0.1) is 0 Å². The molecule has 1 heterocycles. The Morgan fingerprint density at radius 2 is 2.06 bits per heavy atom. The molecule has 1 unspecified atom stereocenters. The van der Waals surface area contributed by atoms with Gasteiger partial charge in [0.2, 0.25) is 0 Å². The van der Waals surface area contributed by atoms with Crippen molar-refractivity contribution in [3.63, 3.8) is 0 Å². The minimum Gasteiger partial charge on any atom is -0.336 e. The monoisotopic (exact) mass is 278 g/mol. The molecule has 3 nitrogen and oxygen atoms in total. The smallest absolute Gasteiger partial charge is 0.336 e. The van der Waals surface area contributed by atoms with Crippen molar-refractivity contribution >= 4 is 18.3 Å². The molecule has 1 aliphatic heterocycles. The maximum atomic E-state index is 12.8. The zero-order chi connectivity index (χ0) is 12.3. The molecule has 1 fully saturated rings. The fourth-order valence-corrected chi connectivity index (χ4v) is 1.70. The summed E-state index contributed by atoms with van der Waals surface area (Å²) in [6, 6.07) is -0.105. The second-order valence-electron chi connectivity index (χ2n) is 3.80. The summed E-state index contributed by atoms with van der Waals surface area (Å²) in [6.45, 7) is 0.164. The topological polar surface area (TPSA) is 32.3 Å². The molecule has 0 aromatic heterocycles. The summed E-state index contributed by atoms with van der Waals surface area (Å²) >= 11 is 0. The molecule has 8 heteroatoms. The molecule has 0 aromatic rings. The van der Waals surface area contributed by atoms with E-state index >= 15 is 0 Å². The molecule has 1 saturated heterocycles. The molecule has 1 N–H and O–H groups in total. The van der Waals surface area contributed by atoms with Gasteiger partial charge in [-0.1, -0.05) is 0 Å². The van der Waals surface area contributed by atoms with E-state index in [0.717, 1.165) is 11.3 Å². The highest BCUT2D eigenvalue weighted by Crippen LogP contribution is 2.26. The first-order valence-corrected chi connectivity index (χ1v) is 5.02. The number of rotatable bonds is 3. The molecule has 1 atom stereocenters. The predicted octanol–water partition coefficient (Wildman–Crippen LogP) is 1.52. The summed E-state index contributed by atoms with van der Waals surface area (Å²) in [4.78, 5) is 12.0. The van der Waals surface area contributed by atoms with E-state index in [-0.39, 0.29) is 31.5 Å². The van der Waals surface area contributed by atoms with Crippen molar-refractivity contribution in [2.45, 2.75) is 31.2 Å². The molecule has 1 amide bonds. The van der Waals surface area contributed by atoms with Crippen LogP contribution in [0.1, 0.15) is 12.8 Å². The van der Waals surface area contributed by atoms with Crippen LogP contribution in [0.2, 0.25) is 0 Å². The first-order valence-electron chi connectivity index (χ1n) is 5.02. The van der Waals surface area contributed by atoms with E-state index in [1.54, 1.807) is 7.05 Å². The maximum absolute atomic E-state index is 12.8. The number of hydrogen-bond acceptors (Lipinski definition) is 2. The first kappa shape index (κ1) is 16.4. The Morgan fingerprint density at radius 3 is 2.53 bits per heavy atom. The van der Waals surface area contributed by atoms with Gasteiger partial charge in [-0.05, 0) is 19.9 Å². The molecule has 17 heavy (non-hydrogen) atoms. The van der Waals surface area contributed by atoms with Crippen molar-refractivity contribution in [1.82, 2.24) is 10.2 Å². The minimum absolute atomic E-state index is 0. The van der Waals surface area contributed by atoms with Crippen LogP contribution in [0.5, 0.6) is 0 Å². The number of piperidine rings is 1. The quantitative estimate of drug-likeness (QED) is 0.794. The van der Waals surface area contributed by atoms with Crippen molar-refractivity contribution in [1.29, 1.82) is 0 Å². The summed E-state index contributed by atoms with van der Waals surface area (Å²) in [5, 5.41) is 2.84. The fourth-order valence-electron chi connectivity index (χ4n) is 1.70. The van der Waals surface area contributed by atoms with E-state index in [2.05, 4.69) is 5.32 Å². The Hall–Kier alpha value is -0.560. The number of amides is 1. The summed E-state index contributed by atoms with van der Waals surface area (Å²) in [5.74, 6) is -6.35. The van der Waals surface area contributed by atoms with Gasteiger partial charge in [-0.25, -0.2) is 8.78 Å². The molecule has 0 spiro atoms. The van der Waals surface area contributed by atoms with Crippen molar-refractivity contribution in [3.05, 3.63) is 0 Å². The molecule has 0 bridgehead atoms. The summed E-state index contributed by atoms with van der Waals surface area (Å²) < 4.78 is 49.6. The highest BCUT2D eigenvalue weighted by molar-refractivity contribution is 5.85. The van der Waals surface area contributed by atoms with E-state index in [1.165, 1.54) is 0 Å².